The Morgan fingerprint density at radius 1 is 1.11 bits per heavy atom. The smallest absolute Gasteiger partial charge is 0.407 e. The van der Waals surface area contributed by atoms with E-state index in [0.717, 1.165) is 26.7 Å². The van der Waals surface area contributed by atoms with Crippen molar-refractivity contribution < 1.29 is 14.3 Å². The lowest BCUT2D eigenvalue weighted by Gasteiger charge is -2.19. The number of hydrogen-bond acceptors (Lipinski definition) is 4. The van der Waals surface area contributed by atoms with Gasteiger partial charge in [0.2, 0.25) is 0 Å². The highest BCUT2D eigenvalue weighted by atomic mass is 79.9. The number of aromatic nitrogens is 1. The zero-order valence-corrected chi connectivity index (χ0v) is 17.7. The number of nitrogens with one attached hydrogen (secondary N) is 1. The van der Waals surface area contributed by atoms with Crippen LogP contribution in [0.4, 0.5) is 4.79 Å². The maximum Gasteiger partial charge on any atom is 0.407 e. The first kappa shape index (κ1) is 20.1. The molecule has 0 aliphatic rings. The molecule has 0 saturated heterocycles. The Bertz CT molecular complexity index is 969. The third-order valence-electron chi connectivity index (χ3n) is 3.84. The largest absolute Gasteiger partial charge is 0.488 e. The SMILES string of the molecule is CC(C)(C)OC(=O)NCc1cc(OCc2ccccc2)c2cc(Br)ccc2n1. The van der Waals surface area contributed by atoms with Gasteiger partial charge < -0.3 is 14.8 Å². The van der Waals surface area contributed by atoms with Crippen LogP contribution in [0.25, 0.3) is 10.9 Å². The van der Waals surface area contributed by atoms with E-state index >= 15 is 0 Å². The van der Waals surface area contributed by atoms with Gasteiger partial charge in [0, 0.05) is 15.9 Å². The number of rotatable bonds is 5. The molecule has 5 nitrogen and oxygen atoms in total. The van der Waals surface area contributed by atoms with E-state index in [1.165, 1.54) is 0 Å². The molecule has 146 valence electrons. The topological polar surface area (TPSA) is 60.5 Å². The van der Waals surface area contributed by atoms with Gasteiger partial charge in [0.05, 0.1) is 17.8 Å². The quantitative estimate of drug-likeness (QED) is 0.558. The number of amides is 1. The number of hydrogen-bond donors (Lipinski definition) is 1. The number of halogens is 1. The minimum absolute atomic E-state index is 0.253. The van der Waals surface area contributed by atoms with Crippen molar-refractivity contribution in [3.63, 3.8) is 0 Å². The zero-order valence-electron chi connectivity index (χ0n) is 16.2. The number of ether oxygens (including phenoxy) is 2. The summed E-state index contributed by atoms with van der Waals surface area (Å²) in [5.74, 6) is 0.719. The molecule has 1 aromatic heterocycles. The summed E-state index contributed by atoms with van der Waals surface area (Å²) in [7, 11) is 0. The van der Waals surface area contributed by atoms with Crippen LogP contribution < -0.4 is 10.1 Å². The maximum atomic E-state index is 11.9. The second-order valence-corrected chi connectivity index (χ2v) is 8.32. The molecule has 0 atom stereocenters. The van der Waals surface area contributed by atoms with Gasteiger partial charge in [-0.3, -0.25) is 4.98 Å². The van der Waals surface area contributed by atoms with Crippen molar-refractivity contribution in [2.45, 2.75) is 39.5 Å². The molecule has 6 heteroatoms. The monoisotopic (exact) mass is 442 g/mol. The molecular weight excluding hydrogens is 420 g/mol. The molecule has 0 aliphatic carbocycles. The van der Waals surface area contributed by atoms with Crippen molar-refractivity contribution in [1.82, 2.24) is 10.3 Å². The van der Waals surface area contributed by atoms with E-state index in [9.17, 15) is 4.79 Å². The summed E-state index contributed by atoms with van der Waals surface area (Å²) in [5.41, 5.74) is 2.03. The minimum atomic E-state index is -0.545. The molecule has 1 amide bonds. The summed E-state index contributed by atoms with van der Waals surface area (Å²) in [5, 5.41) is 3.65. The lowest BCUT2D eigenvalue weighted by atomic mass is 10.1. The van der Waals surface area contributed by atoms with E-state index in [2.05, 4.69) is 26.2 Å². The van der Waals surface area contributed by atoms with Gasteiger partial charge in [0.25, 0.3) is 0 Å². The third kappa shape index (κ3) is 5.70. The molecule has 0 saturated carbocycles. The number of nitrogens with zero attached hydrogens (tertiary/aromatic N) is 1. The highest BCUT2D eigenvalue weighted by Crippen LogP contribution is 2.29. The number of alkyl carbamates (subject to hydrolysis) is 1. The first-order valence-corrected chi connectivity index (χ1v) is 9.82. The van der Waals surface area contributed by atoms with Crippen molar-refractivity contribution in [2.75, 3.05) is 0 Å². The van der Waals surface area contributed by atoms with Crippen LogP contribution in [-0.2, 0) is 17.9 Å². The van der Waals surface area contributed by atoms with Crippen LogP contribution in [-0.4, -0.2) is 16.7 Å². The summed E-state index contributed by atoms with van der Waals surface area (Å²) in [6.45, 7) is 6.19. The van der Waals surface area contributed by atoms with Crippen molar-refractivity contribution in [3.8, 4) is 5.75 Å². The predicted octanol–water partition coefficient (Wildman–Crippen LogP) is 5.60. The van der Waals surface area contributed by atoms with Crippen molar-refractivity contribution in [1.29, 1.82) is 0 Å². The lowest BCUT2D eigenvalue weighted by molar-refractivity contribution is 0.0523. The van der Waals surface area contributed by atoms with Gasteiger partial charge in [-0.15, -0.1) is 0 Å². The fraction of sp³-hybridized carbons (Fsp3) is 0.273. The molecule has 0 unspecified atom stereocenters. The standard InChI is InChI=1S/C22H23BrN2O3/c1-22(2,3)28-21(26)24-13-17-12-20(27-14-15-7-5-4-6-8-15)18-11-16(23)9-10-19(18)25-17/h4-12H,13-14H2,1-3H3,(H,24,26). The Hall–Kier alpha value is -2.60. The van der Waals surface area contributed by atoms with Gasteiger partial charge in [-0.05, 0) is 44.5 Å². The molecule has 0 spiro atoms. The summed E-state index contributed by atoms with van der Waals surface area (Å²) < 4.78 is 12.3. The Morgan fingerprint density at radius 2 is 1.86 bits per heavy atom. The molecule has 3 aromatic rings. The molecule has 3 rings (SSSR count). The summed E-state index contributed by atoms with van der Waals surface area (Å²) in [6.07, 6.45) is -0.475. The van der Waals surface area contributed by atoms with Gasteiger partial charge in [0.15, 0.2) is 0 Å². The fourth-order valence-corrected chi connectivity index (χ4v) is 3.00. The van der Waals surface area contributed by atoms with Crippen LogP contribution in [0.2, 0.25) is 0 Å². The average Bonchev–Trinajstić information content (AvgIpc) is 2.64. The Kier molecular flexibility index (Phi) is 6.19. The van der Waals surface area contributed by atoms with E-state index in [4.69, 9.17) is 9.47 Å². The van der Waals surface area contributed by atoms with Crippen LogP contribution in [0.1, 0.15) is 32.0 Å². The molecule has 1 N–H and O–H groups in total. The van der Waals surface area contributed by atoms with E-state index in [0.29, 0.717) is 12.3 Å². The van der Waals surface area contributed by atoms with E-state index < -0.39 is 11.7 Å². The number of carbonyl (C=O) groups is 1. The van der Waals surface area contributed by atoms with E-state index in [1.807, 2.05) is 75.4 Å². The normalized spacial score (nSPS) is 11.3. The van der Waals surface area contributed by atoms with Crippen molar-refractivity contribution >= 4 is 32.9 Å². The molecule has 28 heavy (non-hydrogen) atoms. The number of fused-ring (bicyclic) bond motifs is 1. The highest BCUT2D eigenvalue weighted by molar-refractivity contribution is 9.10. The summed E-state index contributed by atoms with van der Waals surface area (Å²) >= 11 is 3.50. The second-order valence-electron chi connectivity index (χ2n) is 7.40. The summed E-state index contributed by atoms with van der Waals surface area (Å²) in [6, 6.07) is 17.7. The number of pyridine rings is 1. The first-order chi connectivity index (χ1) is 13.3. The average molecular weight is 443 g/mol. The van der Waals surface area contributed by atoms with Crippen molar-refractivity contribution in [3.05, 3.63) is 70.3 Å². The minimum Gasteiger partial charge on any atom is -0.488 e. The van der Waals surface area contributed by atoms with Crippen molar-refractivity contribution in [2.24, 2.45) is 0 Å². The van der Waals surface area contributed by atoms with Gasteiger partial charge in [-0.2, -0.15) is 0 Å². The van der Waals surface area contributed by atoms with Crippen LogP contribution in [0.3, 0.4) is 0 Å². The van der Waals surface area contributed by atoms with Gasteiger partial charge >= 0.3 is 6.09 Å². The second kappa shape index (κ2) is 8.61. The Labute approximate surface area is 173 Å². The molecular formula is C22H23BrN2O3. The summed E-state index contributed by atoms with van der Waals surface area (Å²) in [4.78, 5) is 16.6. The van der Waals surface area contributed by atoms with Crippen LogP contribution in [0.5, 0.6) is 5.75 Å². The third-order valence-corrected chi connectivity index (χ3v) is 4.33. The first-order valence-electron chi connectivity index (χ1n) is 9.03. The predicted molar refractivity (Wildman–Crippen MR) is 113 cm³/mol. The van der Waals surface area contributed by atoms with Gasteiger partial charge in [-0.1, -0.05) is 46.3 Å². The lowest BCUT2D eigenvalue weighted by Crippen LogP contribution is -2.32. The van der Waals surface area contributed by atoms with Gasteiger partial charge in [-0.25, -0.2) is 4.79 Å². The van der Waals surface area contributed by atoms with E-state index in [1.54, 1.807) is 0 Å². The zero-order chi connectivity index (χ0) is 20.1. The number of benzene rings is 2. The van der Waals surface area contributed by atoms with Crippen LogP contribution >= 0.6 is 15.9 Å². The fourth-order valence-electron chi connectivity index (χ4n) is 2.64. The molecule has 1 heterocycles. The van der Waals surface area contributed by atoms with E-state index in [-0.39, 0.29) is 6.54 Å². The maximum absolute atomic E-state index is 11.9. The molecule has 0 bridgehead atoms. The molecule has 0 aliphatic heterocycles. The van der Waals surface area contributed by atoms with Crippen LogP contribution in [0.15, 0.2) is 59.1 Å². The highest BCUT2D eigenvalue weighted by Gasteiger charge is 2.16. The Morgan fingerprint density at radius 3 is 2.57 bits per heavy atom. The molecule has 0 radical (unpaired) electrons. The molecule has 2 aromatic carbocycles. The van der Waals surface area contributed by atoms with Crippen LogP contribution in [0, 0.1) is 0 Å². The van der Waals surface area contributed by atoms with Gasteiger partial charge in [0.1, 0.15) is 18.0 Å². The Balaban J connectivity index is 1.81. The number of carbonyl (C=O) groups excluding carboxylic acids is 1. The molecule has 0 fully saturated rings.